The van der Waals surface area contributed by atoms with Crippen LogP contribution in [0.2, 0.25) is 0 Å². The Morgan fingerprint density at radius 1 is 1.00 bits per heavy atom. The molecule has 1 aliphatic heterocycles. The number of carbonyl (C=O) groups is 3. The Hall–Kier alpha value is -2.44. The highest BCUT2D eigenvalue weighted by atomic mass is 16.5. The normalized spacial score (nSPS) is 14.8. The molecule has 0 radical (unpaired) electrons. The first-order chi connectivity index (χ1) is 9.46. The fraction of sp³-hybridized carbons (Fsp3) is 0.385. The van der Waals surface area contributed by atoms with E-state index in [0.717, 1.165) is 7.11 Å². The molecule has 0 saturated heterocycles. The monoisotopic (exact) mass is 281 g/mol. The van der Waals surface area contributed by atoms with E-state index >= 15 is 0 Å². The van der Waals surface area contributed by atoms with Crippen molar-refractivity contribution < 1.29 is 28.6 Å². The molecule has 108 valence electrons. The summed E-state index contributed by atoms with van der Waals surface area (Å²) in [6.45, 7) is 1.64. The van der Waals surface area contributed by atoms with Gasteiger partial charge in [0.15, 0.2) is 5.71 Å². The molecule has 1 heterocycles. The van der Waals surface area contributed by atoms with Crippen LogP contribution in [-0.2, 0) is 28.6 Å². The molecule has 0 saturated carbocycles. The minimum atomic E-state index is -0.832. The summed E-state index contributed by atoms with van der Waals surface area (Å²) in [4.78, 5) is 39.0. The van der Waals surface area contributed by atoms with E-state index in [1.165, 1.54) is 20.3 Å². The van der Waals surface area contributed by atoms with E-state index in [-0.39, 0.29) is 23.4 Å². The number of nitrogens with zero attached hydrogens (tertiary/aromatic N) is 1. The molecule has 0 aromatic carbocycles. The minimum Gasteiger partial charge on any atom is -0.465 e. The van der Waals surface area contributed by atoms with Crippen LogP contribution in [0.5, 0.6) is 0 Å². The summed E-state index contributed by atoms with van der Waals surface area (Å²) in [7, 11) is 3.54. The Morgan fingerprint density at radius 2 is 1.55 bits per heavy atom. The summed E-state index contributed by atoms with van der Waals surface area (Å²) in [6.07, 6.45) is 1.74. The van der Waals surface area contributed by atoms with Gasteiger partial charge in [0.25, 0.3) is 0 Å². The molecule has 0 unspecified atom stereocenters. The van der Waals surface area contributed by atoms with E-state index in [0.29, 0.717) is 5.57 Å². The van der Waals surface area contributed by atoms with Crippen LogP contribution in [-0.4, -0.2) is 44.9 Å². The largest absolute Gasteiger partial charge is 0.465 e. The summed E-state index contributed by atoms with van der Waals surface area (Å²) in [5.74, 6) is -2.25. The van der Waals surface area contributed by atoms with Gasteiger partial charge in [0, 0.05) is 0 Å². The topological polar surface area (TPSA) is 91.3 Å². The van der Waals surface area contributed by atoms with Crippen LogP contribution in [0.15, 0.2) is 27.9 Å². The van der Waals surface area contributed by atoms with Crippen LogP contribution in [0.1, 0.15) is 13.3 Å². The van der Waals surface area contributed by atoms with Crippen molar-refractivity contribution in [3.8, 4) is 0 Å². The maximum Gasteiger partial charge on any atom is 0.357 e. The van der Waals surface area contributed by atoms with E-state index in [2.05, 4.69) is 19.2 Å². The SMILES string of the molecule is COC(=O)C1=CCC(C)=C(C(=O)OC)C(C(=O)OC)=N1. The van der Waals surface area contributed by atoms with Crippen molar-refractivity contribution in [3.05, 3.63) is 22.9 Å². The molecule has 0 spiro atoms. The number of carbonyl (C=O) groups excluding carboxylic acids is 3. The lowest BCUT2D eigenvalue weighted by atomic mass is 10.0. The average Bonchev–Trinajstić information content (AvgIpc) is 2.64. The zero-order valence-corrected chi connectivity index (χ0v) is 11.7. The number of esters is 3. The summed E-state index contributed by atoms with van der Waals surface area (Å²) in [5.41, 5.74) is 0.201. The first kappa shape index (κ1) is 15.6. The van der Waals surface area contributed by atoms with Crippen LogP contribution in [0.3, 0.4) is 0 Å². The summed E-state index contributed by atoms with van der Waals surface area (Å²) in [6, 6.07) is 0. The number of ether oxygens (including phenoxy) is 3. The third-order valence-corrected chi connectivity index (χ3v) is 2.66. The Kier molecular flexibility index (Phi) is 5.19. The van der Waals surface area contributed by atoms with Crippen molar-refractivity contribution in [2.75, 3.05) is 21.3 Å². The van der Waals surface area contributed by atoms with E-state index < -0.39 is 17.9 Å². The van der Waals surface area contributed by atoms with Crippen molar-refractivity contribution in [1.82, 2.24) is 0 Å². The highest BCUT2D eigenvalue weighted by Gasteiger charge is 2.29. The highest BCUT2D eigenvalue weighted by molar-refractivity contribution is 6.49. The number of aliphatic imine (C=N–C) groups is 1. The smallest absolute Gasteiger partial charge is 0.357 e. The van der Waals surface area contributed by atoms with E-state index in [1.54, 1.807) is 6.92 Å². The number of hydrogen-bond acceptors (Lipinski definition) is 7. The average molecular weight is 281 g/mol. The number of hydrogen-bond donors (Lipinski definition) is 0. The van der Waals surface area contributed by atoms with Gasteiger partial charge in [-0.15, -0.1) is 0 Å². The molecule has 7 heteroatoms. The van der Waals surface area contributed by atoms with Crippen molar-refractivity contribution in [3.63, 3.8) is 0 Å². The Bertz CT molecular complexity index is 541. The maximum atomic E-state index is 11.8. The van der Waals surface area contributed by atoms with Gasteiger partial charge in [0.05, 0.1) is 26.9 Å². The molecule has 0 atom stereocenters. The molecule has 0 N–H and O–H groups in total. The van der Waals surface area contributed by atoms with Gasteiger partial charge in [-0.3, -0.25) is 0 Å². The fourth-order valence-electron chi connectivity index (χ4n) is 1.63. The number of rotatable bonds is 3. The zero-order valence-electron chi connectivity index (χ0n) is 11.7. The molecule has 0 aliphatic carbocycles. The Labute approximate surface area is 115 Å². The summed E-state index contributed by atoms with van der Waals surface area (Å²) < 4.78 is 13.8. The molecule has 0 amide bonds. The lowest BCUT2D eigenvalue weighted by molar-refractivity contribution is -0.137. The van der Waals surface area contributed by atoms with Gasteiger partial charge < -0.3 is 14.2 Å². The Balaban J connectivity index is 3.41. The second-order valence-electron chi connectivity index (χ2n) is 3.88. The number of methoxy groups -OCH3 is 3. The molecular formula is C13H15NO6. The standard InChI is InChI=1S/C13H15NO6/c1-7-5-6-8(11(15)18-2)14-10(13(17)20-4)9(7)12(16)19-3/h6H,5H2,1-4H3. The highest BCUT2D eigenvalue weighted by Crippen LogP contribution is 2.20. The summed E-state index contributed by atoms with van der Waals surface area (Å²) in [5, 5.41) is 0. The fourth-order valence-corrected chi connectivity index (χ4v) is 1.63. The third-order valence-electron chi connectivity index (χ3n) is 2.66. The maximum absolute atomic E-state index is 11.8. The molecule has 7 nitrogen and oxygen atoms in total. The van der Waals surface area contributed by atoms with Crippen molar-refractivity contribution in [2.45, 2.75) is 13.3 Å². The quantitative estimate of drug-likeness (QED) is 0.554. The predicted molar refractivity (Wildman–Crippen MR) is 68.9 cm³/mol. The minimum absolute atomic E-state index is 0.00509. The van der Waals surface area contributed by atoms with Crippen LogP contribution >= 0.6 is 0 Å². The van der Waals surface area contributed by atoms with E-state index in [4.69, 9.17) is 0 Å². The molecule has 1 rings (SSSR count). The number of allylic oxidation sites excluding steroid dienone is 2. The van der Waals surface area contributed by atoms with Crippen LogP contribution in [0, 0.1) is 0 Å². The van der Waals surface area contributed by atoms with Gasteiger partial charge >= 0.3 is 17.9 Å². The molecule has 20 heavy (non-hydrogen) atoms. The van der Waals surface area contributed by atoms with Gasteiger partial charge in [-0.25, -0.2) is 19.4 Å². The molecule has 0 aromatic heterocycles. The molecule has 0 fully saturated rings. The van der Waals surface area contributed by atoms with E-state index in [1.807, 2.05) is 0 Å². The molecule has 0 bridgehead atoms. The van der Waals surface area contributed by atoms with Crippen LogP contribution in [0.25, 0.3) is 0 Å². The predicted octanol–water partition coefficient (Wildman–Crippen LogP) is 0.550. The van der Waals surface area contributed by atoms with Crippen molar-refractivity contribution >= 4 is 23.6 Å². The van der Waals surface area contributed by atoms with Crippen LogP contribution in [0.4, 0.5) is 0 Å². The van der Waals surface area contributed by atoms with Crippen molar-refractivity contribution in [1.29, 1.82) is 0 Å². The van der Waals surface area contributed by atoms with Gasteiger partial charge in [0.2, 0.25) is 0 Å². The first-order valence-electron chi connectivity index (χ1n) is 5.70. The van der Waals surface area contributed by atoms with E-state index in [9.17, 15) is 14.4 Å². The van der Waals surface area contributed by atoms with Crippen molar-refractivity contribution in [2.24, 2.45) is 4.99 Å². The zero-order chi connectivity index (χ0) is 15.3. The van der Waals surface area contributed by atoms with Gasteiger partial charge in [-0.05, 0) is 19.4 Å². The molecule has 0 aromatic rings. The first-order valence-corrected chi connectivity index (χ1v) is 5.70. The Morgan fingerprint density at radius 3 is 2.05 bits per heavy atom. The molecular weight excluding hydrogens is 266 g/mol. The summed E-state index contributed by atoms with van der Waals surface area (Å²) >= 11 is 0. The van der Waals surface area contributed by atoms with Crippen LogP contribution < -0.4 is 0 Å². The van der Waals surface area contributed by atoms with Gasteiger partial charge in [-0.1, -0.05) is 5.57 Å². The van der Waals surface area contributed by atoms with Gasteiger partial charge in [0.1, 0.15) is 5.70 Å². The second-order valence-corrected chi connectivity index (χ2v) is 3.88. The van der Waals surface area contributed by atoms with Gasteiger partial charge in [-0.2, -0.15) is 0 Å². The second kappa shape index (κ2) is 6.65. The lowest BCUT2D eigenvalue weighted by Gasteiger charge is -2.09. The molecule has 1 aliphatic rings. The lowest BCUT2D eigenvalue weighted by Crippen LogP contribution is -2.25. The third kappa shape index (κ3) is 3.11.